The molecule has 1 rings (SSSR count). The number of amides is 1. The van der Waals surface area contributed by atoms with Gasteiger partial charge in [0.2, 0.25) is 0 Å². The Balaban J connectivity index is 2.19. The summed E-state index contributed by atoms with van der Waals surface area (Å²) in [4.78, 5) is 10.1. The van der Waals surface area contributed by atoms with Gasteiger partial charge in [-0.3, -0.25) is 0 Å². The predicted octanol–water partition coefficient (Wildman–Crippen LogP) is 0.289. The van der Waals surface area contributed by atoms with E-state index < -0.39 is 6.09 Å². The van der Waals surface area contributed by atoms with Gasteiger partial charge in [0.25, 0.3) is 0 Å². The van der Waals surface area contributed by atoms with Gasteiger partial charge in [-0.2, -0.15) is 0 Å². The van der Waals surface area contributed by atoms with Gasteiger partial charge in [0.1, 0.15) is 0 Å². The third kappa shape index (κ3) is 1.60. The highest BCUT2D eigenvalue weighted by atomic mass is 16.5. The lowest BCUT2D eigenvalue weighted by atomic mass is 10.0. The minimum Gasteiger partial charge on any atom is -0.465 e. The maximum atomic E-state index is 10.1. The Kier molecular flexibility index (Phi) is 2.11. The topological polar surface area (TPSA) is 58.6 Å². The summed E-state index contributed by atoms with van der Waals surface area (Å²) in [5.74, 6) is 0.371. The average Bonchev–Trinajstić information content (AvgIpc) is 1.55. The number of nitrogens with one attached hydrogen (secondary N) is 1. The molecule has 0 aromatic heterocycles. The molecule has 0 aliphatic carbocycles. The van der Waals surface area contributed by atoms with Gasteiger partial charge in [-0.25, -0.2) is 4.79 Å². The van der Waals surface area contributed by atoms with Gasteiger partial charge in [-0.1, -0.05) is 0 Å². The predicted molar refractivity (Wildman–Crippen MR) is 34.9 cm³/mol. The van der Waals surface area contributed by atoms with Crippen molar-refractivity contribution in [2.45, 2.75) is 13.0 Å². The smallest absolute Gasteiger partial charge is 0.404 e. The van der Waals surface area contributed by atoms with Crippen molar-refractivity contribution < 1.29 is 14.6 Å². The largest absolute Gasteiger partial charge is 0.465 e. The Morgan fingerprint density at radius 2 is 2.40 bits per heavy atom. The maximum Gasteiger partial charge on any atom is 0.404 e. The van der Waals surface area contributed by atoms with Crippen LogP contribution in [0.3, 0.4) is 0 Å². The van der Waals surface area contributed by atoms with E-state index in [4.69, 9.17) is 9.84 Å². The Bertz CT molecular complexity index is 133. The van der Waals surface area contributed by atoms with Crippen molar-refractivity contribution in [1.82, 2.24) is 5.32 Å². The molecule has 0 aromatic carbocycles. The molecule has 0 bridgehead atoms. The summed E-state index contributed by atoms with van der Waals surface area (Å²) in [7, 11) is 0. The van der Waals surface area contributed by atoms with Gasteiger partial charge < -0.3 is 15.2 Å². The minimum absolute atomic E-state index is 0.0197. The molecule has 0 saturated carbocycles. The summed E-state index contributed by atoms with van der Waals surface area (Å²) in [6, 6.07) is 0.0197. The molecule has 1 heterocycles. The lowest BCUT2D eigenvalue weighted by Gasteiger charge is -2.31. The molecular weight excluding hydrogens is 134 g/mol. The van der Waals surface area contributed by atoms with Crippen LogP contribution in [0, 0.1) is 5.92 Å². The monoisotopic (exact) mass is 145 g/mol. The summed E-state index contributed by atoms with van der Waals surface area (Å²) in [6.07, 6.45) is -0.959. The molecule has 4 nitrogen and oxygen atoms in total. The molecule has 58 valence electrons. The zero-order valence-electron chi connectivity index (χ0n) is 5.83. The summed E-state index contributed by atoms with van der Waals surface area (Å²) >= 11 is 0. The highest BCUT2D eigenvalue weighted by molar-refractivity contribution is 5.64. The summed E-state index contributed by atoms with van der Waals surface area (Å²) in [5, 5.41) is 10.7. The van der Waals surface area contributed by atoms with E-state index in [2.05, 4.69) is 5.32 Å². The van der Waals surface area contributed by atoms with E-state index in [-0.39, 0.29) is 6.04 Å². The van der Waals surface area contributed by atoms with Crippen molar-refractivity contribution in [2.75, 3.05) is 13.2 Å². The fourth-order valence-corrected chi connectivity index (χ4v) is 0.855. The first-order chi connectivity index (χ1) is 4.70. The number of ether oxygens (including phenoxy) is 1. The summed E-state index contributed by atoms with van der Waals surface area (Å²) in [5.41, 5.74) is 0. The standard InChI is InChI=1S/C6H11NO3/c1-4(7-6(8)9)5-2-10-3-5/h4-5,7H,2-3H2,1H3,(H,8,9)/t4-/m0/s1. The number of carboxylic acid groups (broad SMARTS) is 1. The van der Waals surface area contributed by atoms with Gasteiger partial charge in [0, 0.05) is 12.0 Å². The SMILES string of the molecule is C[C@H](NC(=O)O)C1COC1. The van der Waals surface area contributed by atoms with E-state index in [1.54, 1.807) is 0 Å². The molecule has 0 unspecified atom stereocenters. The Morgan fingerprint density at radius 1 is 1.80 bits per heavy atom. The highest BCUT2D eigenvalue weighted by Crippen LogP contribution is 2.13. The van der Waals surface area contributed by atoms with Crippen LogP contribution >= 0.6 is 0 Å². The Morgan fingerprint density at radius 3 is 2.70 bits per heavy atom. The van der Waals surface area contributed by atoms with Crippen molar-refractivity contribution in [2.24, 2.45) is 5.92 Å². The summed E-state index contributed by atoms with van der Waals surface area (Å²) < 4.78 is 4.90. The van der Waals surface area contributed by atoms with E-state index in [1.165, 1.54) is 0 Å². The second-order valence-corrected chi connectivity index (χ2v) is 2.54. The molecule has 1 saturated heterocycles. The van der Waals surface area contributed by atoms with E-state index >= 15 is 0 Å². The molecule has 0 radical (unpaired) electrons. The van der Waals surface area contributed by atoms with Crippen LogP contribution in [0.15, 0.2) is 0 Å². The van der Waals surface area contributed by atoms with Crippen LogP contribution in [-0.2, 0) is 4.74 Å². The van der Waals surface area contributed by atoms with Crippen molar-refractivity contribution in [1.29, 1.82) is 0 Å². The first-order valence-electron chi connectivity index (χ1n) is 3.27. The van der Waals surface area contributed by atoms with Gasteiger partial charge in [-0.15, -0.1) is 0 Å². The van der Waals surface area contributed by atoms with Crippen LogP contribution in [-0.4, -0.2) is 30.5 Å². The molecule has 2 N–H and O–H groups in total. The molecule has 1 aliphatic rings. The minimum atomic E-state index is -0.959. The van der Waals surface area contributed by atoms with E-state index in [0.29, 0.717) is 19.1 Å². The number of rotatable bonds is 2. The molecule has 1 fully saturated rings. The van der Waals surface area contributed by atoms with E-state index in [0.717, 1.165) is 0 Å². The number of hydrogen-bond acceptors (Lipinski definition) is 2. The molecule has 1 aliphatic heterocycles. The van der Waals surface area contributed by atoms with Gasteiger partial charge in [0.15, 0.2) is 0 Å². The number of carbonyl (C=O) groups is 1. The maximum absolute atomic E-state index is 10.1. The zero-order chi connectivity index (χ0) is 7.56. The molecule has 4 heteroatoms. The highest BCUT2D eigenvalue weighted by Gasteiger charge is 2.25. The van der Waals surface area contributed by atoms with Gasteiger partial charge in [0.05, 0.1) is 13.2 Å². The van der Waals surface area contributed by atoms with Crippen molar-refractivity contribution in [3.05, 3.63) is 0 Å². The lowest BCUT2D eigenvalue weighted by molar-refractivity contribution is -0.0454. The average molecular weight is 145 g/mol. The molecular formula is C6H11NO3. The van der Waals surface area contributed by atoms with E-state index in [9.17, 15) is 4.79 Å². The van der Waals surface area contributed by atoms with Crippen LogP contribution in [0.2, 0.25) is 0 Å². The number of hydrogen-bond donors (Lipinski definition) is 2. The fourth-order valence-electron chi connectivity index (χ4n) is 0.855. The lowest BCUT2D eigenvalue weighted by Crippen LogP contribution is -2.46. The molecule has 10 heavy (non-hydrogen) atoms. The molecule has 1 amide bonds. The summed E-state index contributed by atoms with van der Waals surface area (Å²) in [6.45, 7) is 3.21. The first-order valence-corrected chi connectivity index (χ1v) is 3.27. The quantitative estimate of drug-likeness (QED) is 0.587. The van der Waals surface area contributed by atoms with Gasteiger partial charge in [-0.05, 0) is 6.92 Å². The van der Waals surface area contributed by atoms with Gasteiger partial charge >= 0.3 is 6.09 Å². The second kappa shape index (κ2) is 2.88. The fraction of sp³-hybridized carbons (Fsp3) is 0.833. The third-order valence-corrected chi connectivity index (χ3v) is 1.72. The zero-order valence-corrected chi connectivity index (χ0v) is 5.83. The molecule has 1 atom stereocenters. The normalized spacial score (nSPS) is 21.3. The van der Waals surface area contributed by atoms with Crippen molar-refractivity contribution >= 4 is 6.09 Å². The molecule has 0 aromatic rings. The van der Waals surface area contributed by atoms with Crippen molar-refractivity contribution in [3.8, 4) is 0 Å². The third-order valence-electron chi connectivity index (χ3n) is 1.72. The Hall–Kier alpha value is -0.770. The van der Waals surface area contributed by atoms with Crippen LogP contribution in [0.1, 0.15) is 6.92 Å². The van der Waals surface area contributed by atoms with Crippen LogP contribution in [0.4, 0.5) is 4.79 Å². The van der Waals surface area contributed by atoms with Crippen molar-refractivity contribution in [3.63, 3.8) is 0 Å². The first kappa shape index (κ1) is 7.34. The van der Waals surface area contributed by atoms with Crippen LogP contribution in [0.5, 0.6) is 0 Å². The van der Waals surface area contributed by atoms with Crippen LogP contribution in [0.25, 0.3) is 0 Å². The van der Waals surface area contributed by atoms with Crippen LogP contribution < -0.4 is 5.32 Å². The Labute approximate surface area is 59.2 Å². The second-order valence-electron chi connectivity index (χ2n) is 2.54. The molecule has 0 spiro atoms. The van der Waals surface area contributed by atoms with E-state index in [1.807, 2.05) is 6.92 Å².